The fourth-order valence-electron chi connectivity index (χ4n) is 2.84. The van der Waals surface area contributed by atoms with Crippen LogP contribution in [0.25, 0.3) is 0 Å². The van der Waals surface area contributed by atoms with E-state index in [0.29, 0.717) is 11.0 Å². The van der Waals surface area contributed by atoms with Gasteiger partial charge in [0.25, 0.3) is 0 Å². The standard InChI is InChI=1S/C18H16FN5OS/c1-11-21-22-18-24(11)23-15(12-7-3-2-4-8-12)16(26-18)17(25)20-14-10-6-5-9-13(14)19/h2-10,15-16,23H,1H3,(H,20,25). The van der Waals surface area contributed by atoms with Gasteiger partial charge in [-0.1, -0.05) is 54.2 Å². The van der Waals surface area contributed by atoms with E-state index < -0.39 is 11.1 Å². The van der Waals surface area contributed by atoms with Crippen molar-refractivity contribution >= 4 is 23.4 Å². The van der Waals surface area contributed by atoms with Gasteiger partial charge in [0, 0.05) is 0 Å². The Hall–Kier alpha value is -2.87. The molecule has 8 heteroatoms. The molecule has 3 aromatic rings. The molecule has 2 atom stereocenters. The van der Waals surface area contributed by atoms with Crippen molar-refractivity contribution in [3.8, 4) is 0 Å². The molecule has 0 saturated carbocycles. The Labute approximate surface area is 153 Å². The molecule has 132 valence electrons. The lowest BCUT2D eigenvalue weighted by atomic mass is 10.0. The summed E-state index contributed by atoms with van der Waals surface area (Å²) in [6.07, 6.45) is 0. The average Bonchev–Trinajstić information content (AvgIpc) is 3.03. The van der Waals surface area contributed by atoms with Crippen LogP contribution in [0.3, 0.4) is 0 Å². The van der Waals surface area contributed by atoms with E-state index in [1.165, 1.54) is 17.8 Å². The third-order valence-corrected chi connectivity index (χ3v) is 5.36. The third kappa shape index (κ3) is 3.03. The molecule has 0 saturated heterocycles. The van der Waals surface area contributed by atoms with E-state index >= 15 is 0 Å². The van der Waals surface area contributed by atoms with Crippen molar-refractivity contribution < 1.29 is 9.18 Å². The molecule has 0 fully saturated rings. The van der Waals surface area contributed by atoms with Gasteiger partial charge in [-0.2, -0.15) is 0 Å². The molecule has 0 radical (unpaired) electrons. The minimum atomic E-state index is -0.534. The number of nitrogens with one attached hydrogen (secondary N) is 2. The smallest absolute Gasteiger partial charge is 0.240 e. The van der Waals surface area contributed by atoms with Crippen molar-refractivity contribution in [2.24, 2.45) is 0 Å². The molecule has 2 aromatic carbocycles. The number of aromatic nitrogens is 3. The molecule has 1 aliphatic heterocycles. The number of para-hydroxylation sites is 1. The van der Waals surface area contributed by atoms with Gasteiger partial charge in [-0.3, -0.25) is 4.79 Å². The number of halogens is 1. The fraction of sp³-hybridized carbons (Fsp3) is 0.167. The minimum absolute atomic E-state index is 0.160. The molecule has 1 aliphatic rings. The number of carbonyl (C=O) groups is 1. The van der Waals surface area contributed by atoms with Crippen LogP contribution < -0.4 is 10.7 Å². The van der Waals surface area contributed by atoms with E-state index in [1.54, 1.807) is 22.9 Å². The van der Waals surface area contributed by atoms with Crippen LogP contribution in [0.2, 0.25) is 0 Å². The van der Waals surface area contributed by atoms with Gasteiger partial charge in [0.2, 0.25) is 11.1 Å². The number of benzene rings is 2. The third-order valence-electron chi connectivity index (χ3n) is 4.15. The number of anilines is 1. The first-order valence-electron chi connectivity index (χ1n) is 8.09. The maximum absolute atomic E-state index is 13.9. The molecule has 2 unspecified atom stereocenters. The maximum Gasteiger partial charge on any atom is 0.240 e. The van der Waals surface area contributed by atoms with Gasteiger partial charge < -0.3 is 10.7 Å². The highest BCUT2D eigenvalue weighted by Crippen LogP contribution is 2.37. The summed E-state index contributed by atoms with van der Waals surface area (Å²) in [6.45, 7) is 1.84. The predicted molar refractivity (Wildman–Crippen MR) is 98.0 cm³/mol. The highest BCUT2D eigenvalue weighted by molar-refractivity contribution is 8.00. The van der Waals surface area contributed by atoms with Gasteiger partial charge in [0.15, 0.2) is 0 Å². The number of fused-ring (bicyclic) bond motifs is 1. The lowest BCUT2D eigenvalue weighted by Gasteiger charge is -2.32. The zero-order valence-electron chi connectivity index (χ0n) is 13.9. The summed E-state index contributed by atoms with van der Waals surface area (Å²) < 4.78 is 15.7. The topological polar surface area (TPSA) is 71.8 Å². The molecule has 1 aromatic heterocycles. The quantitative estimate of drug-likeness (QED) is 0.742. The SMILES string of the molecule is Cc1nnc2n1NC(c1ccccc1)C(C(=O)Nc1ccccc1F)S2. The second-order valence-corrected chi connectivity index (χ2v) is 7.00. The monoisotopic (exact) mass is 369 g/mol. The van der Waals surface area contributed by atoms with E-state index in [4.69, 9.17) is 0 Å². The van der Waals surface area contributed by atoms with Crippen LogP contribution in [-0.4, -0.2) is 26.0 Å². The van der Waals surface area contributed by atoms with Crippen LogP contribution in [0.5, 0.6) is 0 Å². The van der Waals surface area contributed by atoms with Gasteiger partial charge in [0.1, 0.15) is 16.9 Å². The van der Waals surface area contributed by atoms with E-state index in [-0.39, 0.29) is 17.6 Å². The van der Waals surface area contributed by atoms with Crippen molar-refractivity contribution in [1.29, 1.82) is 0 Å². The first kappa shape index (κ1) is 16.6. The fourth-order valence-corrected chi connectivity index (χ4v) is 3.96. The van der Waals surface area contributed by atoms with Gasteiger partial charge >= 0.3 is 0 Å². The Kier molecular flexibility index (Phi) is 4.34. The van der Waals surface area contributed by atoms with E-state index in [1.807, 2.05) is 37.3 Å². The number of hydrogen-bond donors (Lipinski definition) is 2. The van der Waals surface area contributed by atoms with Crippen molar-refractivity contribution in [3.63, 3.8) is 0 Å². The summed E-state index contributed by atoms with van der Waals surface area (Å²) in [6, 6.07) is 15.5. The molecule has 2 N–H and O–H groups in total. The molecular weight excluding hydrogens is 353 g/mol. The van der Waals surface area contributed by atoms with E-state index in [9.17, 15) is 9.18 Å². The van der Waals surface area contributed by atoms with Crippen LogP contribution >= 0.6 is 11.8 Å². The van der Waals surface area contributed by atoms with Crippen molar-refractivity contribution in [1.82, 2.24) is 14.9 Å². The molecule has 0 spiro atoms. The van der Waals surface area contributed by atoms with Gasteiger partial charge in [0.05, 0.1) is 11.7 Å². The summed E-state index contributed by atoms with van der Waals surface area (Å²) in [5.41, 5.74) is 4.42. The molecule has 2 heterocycles. The minimum Gasteiger partial charge on any atom is -0.323 e. The Bertz CT molecular complexity index is 946. The van der Waals surface area contributed by atoms with Crippen LogP contribution in [-0.2, 0) is 4.79 Å². The van der Waals surface area contributed by atoms with Crippen LogP contribution in [0, 0.1) is 12.7 Å². The van der Waals surface area contributed by atoms with Crippen LogP contribution in [0.1, 0.15) is 17.4 Å². The largest absolute Gasteiger partial charge is 0.323 e. The van der Waals surface area contributed by atoms with Gasteiger partial charge in [-0.25, -0.2) is 9.07 Å². The summed E-state index contributed by atoms with van der Waals surface area (Å²) >= 11 is 1.31. The zero-order chi connectivity index (χ0) is 18.1. The molecule has 26 heavy (non-hydrogen) atoms. The Balaban J connectivity index is 1.67. The van der Waals surface area contributed by atoms with E-state index in [0.717, 1.165) is 5.56 Å². The first-order valence-corrected chi connectivity index (χ1v) is 8.97. The summed E-state index contributed by atoms with van der Waals surface area (Å²) in [4.78, 5) is 12.9. The second kappa shape index (κ2) is 6.80. The number of nitrogens with zero attached hydrogens (tertiary/aromatic N) is 3. The highest BCUT2D eigenvalue weighted by Gasteiger charge is 2.37. The number of amides is 1. The van der Waals surface area contributed by atoms with Gasteiger partial charge in [-0.05, 0) is 24.6 Å². The summed E-state index contributed by atoms with van der Waals surface area (Å²) in [7, 11) is 0. The first-order chi connectivity index (χ1) is 12.6. The second-order valence-electron chi connectivity index (χ2n) is 5.89. The summed E-state index contributed by atoms with van der Waals surface area (Å²) in [5.74, 6) is -0.0559. The summed E-state index contributed by atoms with van der Waals surface area (Å²) in [5, 5.41) is 10.9. The molecule has 0 bridgehead atoms. The predicted octanol–water partition coefficient (Wildman–Crippen LogP) is 3.12. The number of rotatable bonds is 3. The average molecular weight is 369 g/mol. The number of hydrogen-bond acceptors (Lipinski definition) is 5. The highest BCUT2D eigenvalue weighted by atomic mass is 32.2. The van der Waals surface area contributed by atoms with Gasteiger partial charge in [-0.15, -0.1) is 10.2 Å². The number of aryl methyl sites for hydroxylation is 1. The molecule has 0 aliphatic carbocycles. The molecule has 4 rings (SSSR count). The van der Waals surface area contributed by atoms with E-state index in [2.05, 4.69) is 20.9 Å². The van der Waals surface area contributed by atoms with Crippen LogP contribution in [0.4, 0.5) is 10.1 Å². The zero-order valence-corrected chi connectivity index (χ0v) is 14.7. The Morgan fingerprint density at radius 2 is 1.88 bits per heavy atom. The lowest BCUT2D eigenvalue weighted by molar-refractivity contribution is -0.116. The molecular formula is C18H16FN5OS. The Morgan fingerprint density at radius 1 is 1.15 bits per heavy atom. The Morgan fingerprint density at radius 3 is 2.65 bits per heavy atom. The number of thioether (sulfide) groups is 1. The lowest BCUT2D eigenvalue weighted by Crippen LogP contribution is -2.41. The normalized spacial score (nSPS) is 18.7. The maximum atomic E-state index is 13.9. The molecule has 6 nitrogen and oxygen atoms in total. The van der Waals surface area contributed by atoms with Crippen molar-refractivity contribution in [3.05, 3.63) is 71.8 Å². The van der Waals surface area contributed by atoms with Crippen molar-refractivity contribution in [2.75, 3.05) is 10.7 Å². The van der Waals surface area contributed by atoms with Crippen molar-refractivity contribution in [2.45, 2.75) is 23.4 Å². The van der Waals surface area contributed by atoms with Crippen LogP contribution in [0.15, 0.2) is 59.8 Å². The molecule has 1 amide bonds. The number of carbonyl (C=O) groups excluding carboxylic acids is 1.